The van der Waals surface area contributed by atoms with E-state index in [1.165, 1.54) is 0 Å². The van der Waals surface area contributed by atoms with Crippen molar-refractivity contribution in [2.24, 2.45) is 10.3 Å². The summed E-state index contributed by atoms with van der Waals surface area (Å²) >= 11 is 0. The average Bonchev–Trinajstić information content (AvgIpc) is 2.28. The Balaban J connectivity index is 0.000000243. The zero-order valence-electron chi connectivity index (χ0n) is 14.0. The molecule has 0 amide bonds. The molecular formula is C12H26N6O4S2. The van der Waals surface area contributed by atoms with Crippen LogP contribution in [0.2, 0.25) is 0 Å². The summed E-state index contributed by atoms with van der Waals surface area (Å²) in [6.45, 7) is 4.13. The predicted molar refractivity (Wildman–Crippen MR) is 90.8 cm³/mol. The molecule has 140 valence electrons. The van der Waals surface area contributed by atoms with Gasteiger partial charge >= 0.3 is 0 Å². The first-order chi connectivity index (χ1) is 10.9. The first-order valence-corrected chi connectivity index (χ1v) is 10.6. The normalized spacial score (nSPS) is 20.7. The van der Waals surface area contributed by atoms with E-state index in [-0.39, 0.29) is 11.8 Å². The summed E-state index contributed by atoms with van der Waals surface area (Å²) in [5.41, 5.74) is 0. The molecular weight excluding hydrogens is 356 g/mol. The zero-order chi connectivity index (χ0) is 18.5. The molecule has 2 saturated heterocycles. The van der Waals surface area contributed by atoms with Crippen molar-refractivity contribution in [3.05, 3.63) is 0 Å². The van der Waals surface area contributed by atoms with E-state index in [9.17, 15) is 16.8 Å². The number of rotatable bonds is 6. The Morgan fingerprint density at radius 3 is 1.75 bits per heavy atom. The molecule has 0 aliphatic carbocycles. The van der Waals surface area contributed by atoms with Gasteiger partial charge in [-0.2, -0.15) is 5.26 Å². The molecule has 24 heavy (non-hydrogen) atoms. The smallest absolute Gasteiger partial charge is 0.214 e. The summed E-state index contributed by atoms with van der Waals surface area (Å²) in [4.78, 5) is 5.90. The zero-order valence-corrected chi connectivity index (χ0v) is 15.6. The molecule has 0 atom stereocenters. The number of primary sulfonamides is 2. The maximum Gasteiger partial charge on any atom is 0.214 e. The van der Waals surface area contributed by atoms with Crippen molar-refractivity contribution >= 4 is 20.0 Å². The van der Waals surface area contributed by atoms with Gasteiger partial charge in [0, 0.05) is 39.3 Å². The molecule has 12 heteroatoms. The molecule has 2 aliphatic heterocycles. The Kier molecular flexibility index (Phi) is 7.54. The minimum absolute atomic E-state index is 0.284. The van der Waals surface area contributed by atoms with E-state index in [0.29, 0.717) is 26.2 Å². The Hall–Kier alpha value is -0.810. The highest BCUT2D eigenvalue weighted by Gasteiger charge is 2.35. The highest BCUT2D eigenvalue weighted by molar-refractivity contribution is 7.90. The Labute approximate surface area is 144 Å². The number of sulfonamides is 2. The quantitative estimate of drug-likeness (QED) is 0.461. The fourth-order valence-corrected chi connectivity index (χ4v) is 3.89. The summed E-state index contributed by atoms with van der Waals surface area (Å²) in [7, 11) is -2.67. The molecule has 0 bridgehead atoms. The molecule has 2 heterocycles. The second kappa shape index (κ2) is 8.52. The molecule has 2 rings (SSSR count). The Morgan fingerprint density at radius 1 is 1.00 bits per heavy atom. The van der Waals surface area contributed by atoms with Gasteiger partial charge < -0.3 is 4.90 Å². The SMILES string of the molecule is CN(C)CCN1CC(S(N)(=O)=O)C1.N#CCN1CC(S(N)(=O)=O)C1. The molecule has 10 nitrogen and oxygen atoms in total. The number of nitrogens with two attached hydrogens (primary N) is 2. The van der Waals surface area contributed by atoms with Crippen molar-refractivity contribution in [1.82, 2.24) is 14.7 Å². The summed E-state index contributed by atoms with van der Waals surface area (Å²) in [5, 5.41) is 17.3. The Morgan fingerprint density at radius 2 is 1.42 bits per heavy atom. The highest BCUT2D eigenvalue weighted by Crippen LogP contribution is 2.13. The van der Waals surface area contributed by atoms with Gasteiger partial charge in [0.2, 0.25) is 20.0 Å². The lowest BCUT2D eigenvalue weighted by molar-refractivity contribution is 0.168. The van der Waals surface area contributed by atoms with Crippen molar-refractivity contribution in [3.8, 4) is 6.07 Å². The number of hydrogen-bond acceptors (Lipinski definition) is 8. The van der Waals surface area contributed by atoms with Gasteiger partial charge in [-0.3, -0.25) is 9.80 Å². The fourth-order valence-electron chi connectivity index (χ4n) is 2.21. The van der Waals surface area contributed by atoms with E-state index in [1.54, 1.807) is 4.90 Å². The van der Waals surface area contributed by atoms with Crippen LogP contribution in [-0.2, 0) is 20.0 Å². The minimum atomic E-state index is -3.37. The molecule has 0 saturated carbocycles. The molecule has 0 spiro atoms. The lowest BCUT2D eigenvalue weighted by Gasteiger charge is -2.38. The van der Waals surface area contributed by atoms with Crippen LogP contribution in [0.3, 0.4) is 0 Å². The minimum Gasteiger partial charge on any atom is -0.308 e. The maximum atomic E-state index is 10.8. The van der Waals surface area contributed by atoms with Gasteiger partial charge in [0.25, 0.3) is 0 Å². The predicted octanol–water partition coefficient (Wildman–Crippen LogP) is -3.00. The van der Waals surface area contributed by atoms with Crippen LogP contribution >= 0.6 is 0 Å². The van der Waals surface area contributed by atoms with Crippen LogP contribution in [0.4, 0.5) is 0 Å². The summed E-state index contributed by atoms with van der Waals surface area (Å²) in [5.74, 6) is 0. The van der Waals surface area contributed by atoms with Crippen molar-refractivity contribution in [3.63, 3.8) is 0 Å². The third kappa shape index (κ3) is 6.98. The van der Waals surface area contributed by atoms with Gasteiger partial charge in [0.1, 0.15) is 10.5 Å². The van der Waals surface area contributed by atoms with Gasteiger partial charge in [-0.15, -0.1) is 0 Å². The van der Waals surface area contributed by atoms with E-state index < -0.39 is 25.3 Å². The number of likely N-dealkylation sites (N-methyl/N-ethyl adjacent to an activating group) is 1. The molecule has 0 aromatic rings. The van der Waals surface area contributed by atoms with E-state index in [0.717, 1.165) is 13.1 Å². The number of nitrogens with zero attached hydrogens (tertiary/aromatic N) is 4. The standard InChI is InChI=1S/C7H17N3O2S.C5H9N3O2S/c1-9(2)3-4-10-5-7(6-10)13(8,11)12;6-1-2-8-3-5(4-8)11(7,9)10/h7H,3-6H2,1-2H3,(H2,8,11,12);5H,2-4H2,(H2,7,9,10). The van der Waals surface area contributed by atoms with Gasteiger partial charge in [0.05, 0.1) is 12.6 Å². The average molecular weight is 383 g/mol. The number of hydrogen-bond donors (Lipinski definition) is 2. The van der Waals surface area contributed by atoms with Crippen molar-refractivity contribution in [2.45, 2.75) is 10.5 Å². The lowest BCUT2D eigenvalue weighted by atomic mass is 10.2. The highest BCUT2D eigenvalue weighted by atomic mass is 32.2. The van der Waals surface area contributed by atoms with E-state index in [2.05, 4.69) is 9.80 Å². The molecule has 0 aromatic carbocycles. The van der Waals surface area contributed by atoms with Crippen molar-refractivity contribution in [1.29, 1.82) is 5.26 Å². The molecule has 2 aliphatic rings. The monoisotopic (exact) mass is 382 g/mol. The summed E-state index contributed by atoms with van der Waals surface area (Å²) < 4.78 is 42.9. The second-order valence-electron chi connectivity index (χ2n) is 6.34. The van der Waals surface area contributed by atoms with Gasteiger partial charge in [-0.05, 0) is 14.1 Å². The third-order valence-electron chi connectivity index (χ3n) is 3.93. The number of nitriles is 1. The van der Waals surface area contributed by atoms with Crippen LogP contribution in [0.5, 0.6) is 0 Å². The van der Waals surface area contributed by atoms with Gasteiger partial charge in [-0.1, -0.05) is 0 Å². The molecule has 4 N–H and O–H groups in total. The molecule has 2 fully saturated rings. The number of likely N-dealkylation sites (tertiary alicyclic amines) is 2. The fraction of sp³-hybridized carbons (Fsp3) is 0.917. The van der Waals surface area contributed by atoms with Gasteiger partial charge in [-0.25, -0.2) is 27.1 Å². The van der Waals surface area contributed by atoms with Crippen LogP contribution < -0.4 is 10.3 Å². The van der Waals surface area contributed by atoms with Crippen LogP contribution in [-0.4, -0.2) is 102 Å². The van der Waals surface area contributed by atoms with E-state index in [1.807, 2.05) is 20.2 Å². The van der Waals surface area contributed by atoms with Crippen LogP contribution in [0, 0.1) is 11.3 Å². The lowest BCUT2D eigenvalue weighted by Crippen LogP contribution is -2.57. The topological polar surface area (TPSA) is 154 Å². The van der Waals surface area contributed by atoms with E-state index in [4.69, 9.17) is 15.5 Å². The third-order valence-corrected chi connectivity index (χ3v) is 6.39. The van der Waals surface area contributed by atoms with E-state index >= 15 is 0 Å². The van der Waals surface area contributed by atoms with Crippen LogP contribution in [0.25, 0.3) is 0 Å². The van der Waals surface area contributed by atoms with Crippen LogP contribution in [0.1, 0.15) is 0 Å². The van der Waals surface area contributed by atoms with Crippen molar-refractivity contribution < 1.29 is 16.8 Å². The first-order valence-electron chi connectivity index (χ1n) is 7.43. The van der Waals surface area contributed by atoms with Crippen LogP contribution in [0.15, 0.2) is 0 Å². The van der Waals surface area contributed by atoms with Crippen molar-refractivity contribution in [2.75, 3.05) is 59.9 Å². The molecule has 0 radical (unpaired) electrons. The maximum absolute atomic E-state index is 10.8. The second-order valence-corrected chi connectivity index (χ2v) is 10.0. The Bertz CT molecular complexity index is 646. The summed E-state index contributed by atoms with van der Waals surface area (Å²) in [6.07, 6.45) is 0. The summed E-state index contributed by atoms with van der Waals surface area (Å²) in [6, 6.07) is 1.93. The first kappa shape index (κ1) is 21.2. The molecule has 0 aromatic heterocycles. The largest absolute Gasteiger partial charge is 0.308 e. The molecule has 0 unspecified atom stereocenters. The van der Waals surface area contributed by atoms with Gasteiger partial charge in [0.15, 0.2) is 0 Å².